The molecule has 0 spiro atoms. The zero-order valence-electron chi connectivity index (χ0n) is 44.9. The highest BCUT2D eigenvalue weighted by atomic mass is 32.1. The van der Waals surface area contributed by atoms with Crippen molar-refractivity contribution in [3.8, 4) is 11.4 Å². The topological polar surface area (TPSA) is 264 Å². The van der Waals surface area contributed by atoms with Gasteiger partial charge in [0.1, 0.15) is 28.8 Å². The number of imidazole rings is 1. The van der Waals surface area contributed by atoms with Crippen LogP contribution < -0.4 is 31.1 Å². The monoisotopic (exact) mass is 1130 g/mol. The largest absolute Gasteiger partial charge is 0.383 e. The number of piperazine rings is 1. The summed E-state index contributed by atoms with van der Waals surface area (Å²) in [6.07, 6.45) is 3.72. The third-order valence-corrected chi connectivity index (χ3v) is 14.0. The Morgan fingerprint density at radius 2 is 1.44 bits per heavy atom. The number of halogens is 1. The fraction of sp³-hybridized carbons (Fsp3) is 0.463. The number of aromatic nitrogens is 5. The number of carbonyl (C=O) groups is 3. The number of anilines is 5. The molecule has 0 saturated carbocycles. The highest BCUT2D eigenvalue weighted by Crippen LogP contribution is 2.36. The number of rotatable bonds is 32. The molecule has 2 aliphatic heterocycles. The third-order valence-electron chi connectivity index (χ3n) is 12.9. The van der Waals surface area contributed by atoms with Crippen LogP contribution in [-0.2, 0) is 38.0 Å². The quantitative estimate of drug-likeness (QED) is 0.0227. The highest BCUT2D eigenvalue weighted by molar-refractivity contribution is 7.19. The van der Waals surface area contributed by atoms with Crippen LogP contribution in [0, 0.1) is 22.9 Å². The summed E-state index contributed by atoms with van der Waals surface area (Å²) in [5.41, 5.74) is 4.48. The minimum absolute atomic E-state index is 0.0479. The van der Waals surface area contributed by atoms with Gasteiger partial charge in [0.15, 0.2) is 10.8 Å². The number of ether oxygens (including phenoxy) is 6. The van der Waals surface area contributed by atoms with Crippen LogP contribution in [0.4, 0.5) is 37.5 Å². The van der Waals surface area contributed by atoms with Gasteiger partial charge in [0, 0.05) is 58.4 Å². The van der Waals surface area contributed by atoms with Crippen molar-refractivity contribution in [2.75, 3.05) is 157 Å². The summed E-state index contributed by atoms with van der Waals surface area (Å²) in [5, 5.41) is 27.4. The number of carbonyl (C=O) groups excluding carboxylic acids is 3. The predicted octanol–water partition coefficient (Wildman–Crippen LogP) is 5.61. The average molecular weight is 1130 g/mol. The summed E-state index contributed by atoms with van der Waals surface area (Å²) >= 11 is 0.753. The molecule has 2 saturated heterocycles. The molecule has 8 rings (SSSR count). The van der Waals surface area contributed by atoms with Crippen molar-refractivity contribution in [3.63, 3.8) is 0 Å². The number of nitrogens with zero attached hydrogens (tertiary/aromatic N) is 9. The van der Waals surface area contributed by atoms with E-state index in [9.17, 15) is 28.9 Å². The van der Waals surface area contributed by atoms with Crippen LogP contribution >= 0.6 is 11.3 Å². The molecule has 0 radical (unpaired) electrons. The Hall–Kier alpha value is -7.30. The zero-order valence-corrected chi connectivity index (χ0v) is 45.8. The van der Waals surface area contributed by atoms with Crippen LogP contribution in [0.25, 0.3) is 17.0 Å². The fourth-order valence-corrected chi connectivity index (χ4v) is 9.86. The minimum atomic E-state index is -0.574. The van der Waals surface area contributed by atoms with E-state index in [1.807, 2.05) is 40.9 Å². The van der Waals surface area contributed by atoms with Gasteiger partial charge in [0.25, 0.3) is 5.91 Å². The number of amides is 3. The summed E-state index contributed by atoms with van der Waals surface area (Å²) in [6, 6.07) is 21.6. The van der Waals surface area contributed by atoms with E-state index in [1.165, 1.54) is 26.0 Å². The molecule has 6 heterocycles. The Bertz CT molecular complexity index is 3000. The van der Waals surface area contributed by atoms with E-state index in [1.54, 1.807) is 30.5 Å². The second-order valence-electron chi connectivity index (χ2n) is 18.7. The van der Waals surface area contributed by atoms with E-state index >= 15 is 0 Å². The Morgan fingerprint density at radius 1 is 0.762 bits per heavy atom. The number of fused-ring (bicyclic) bond motifs is 1. The van der Waals surface area contributed by atoms with E-state index in [0.29, 0.717) is 105 Å². The summed E-state index contributed by atoms with van der Waals surface area (Å²) < 4.78 is 49.5. The fourth-order valence-electron chi connectivity index (χ4n) is 9.08. The van der Waals surface area contributed by atoms with Gasteiger partial charge < -0.3 is 54.2 Å². The van der Waals surface area contributed by atoms with Gasteiger partial charge in [-0.2, -0.15) is 0 Å². The van der Waals surface area contributed by atoms with Crippen LogP contribution in [0.5, 0.6) is 0 Å². The molecular weight excluding hydrogens is 1060 g/mol. The first-order valence-corrected chi connectivity index (χ1v) is 27.4. The third kappa shape index (κ3) is 17.3. The lowest BCUT2D eigenvalue weighted by Gasteiger charge is -2.35. The van der Waals surface area contributed by atoms with Crippen LogP contribution in [-0.4, -0.2) is 184 Å². The Kier molecular flexibility index (Phi) is 22.3. The van der Waals surface area contributed by atoms with Gasteiger partial charge in [-0.05, 0) is 91.3 Å². The number of nitrogens with one attached hydrogen (secondary N) is 4. The van der Waals surface area contributed by atoms with Crippen molar-refractivity contribution in [2.24, 2.45) is 0 Å². The van der Waals surface area contributed by atoms with Crippen molar-refractivity contribution in [2.45, 2.75) is 32.7 Å². The van der Waals surface area contributed by atoms with Gasteiger partial charge in [-0.1, -0.05) is 18.2 Å². The Balaban J connectivity index is 0.593. The first kappa shape index (κ1) is 58.8. The SMILES string of the molecule is CC(=O)Nc1cc(NCCOCCOCCOCCOCCOCCOCCNC(=O)CN2CCN(c3cccc(-c4cnc5ccc(N6CCC[C@@H]6c6cccc(F)c6)nn45)n3)CC2)ccc1C(=O)Nc1nc(C)c([N+](=O)[O-])s1. The smallest absolute Gasteiger partial charge is 0.348 e. The summed E-state index contributed by atoms with van der Waals surface area (Å²) in [5.74, 6) is 0.433. The number of benzene rings is 2. The molecule has 2 aromatic carbocycles. The molecule has 4 aromatic heterocycles. The van der Waals surface area contributed by atoms with Gasteiger partial charge in [-0.25, -0.2) is 23.9 Å². The van der Waals surface area contributed by atoms with E-state index in [2.05, 4.69) is 45.9 Å². The van der Waals surface area contributed by atoms with E-state index < -0.39 is 10.8 Å². The molecule has 0 aliphatic carbocycles. The molecule has 2 fully saturated rings. The van der Waals surface area contributed by atoms with Crippen molar-refractivity contribution in [1.82, 2.24) is 34.8 Å². The van der Waals surface area contributed by atoms with Crippen LogP contribution in [0.15, 0.2) is 79.0 Å². The first-order valence-electron chi connectivity index (χ1n) is 26.6. The van der Waals surface area contributed by atoms with Crippen molar-refractivity contribution in [1.29, 1.82) is 0 Å². The summed E-state index contributed by atoms with van der Waals surface area (Å²) in [6.45, 7) is 12.5. The number of thiazole rings is 1. The molecule has 4 N–H and O–H groups in total. The van der Waals surface area contributed by atoms with Crippen molar-refractivity contribution < 1.29 is 52.1 Å². The Morgan fingerprint density at radius 3 is 2.10 bits per heavy atom. The van der Waals surface area contributed by atoms with Gasteiger partial charge in [0.05, 0.1) is 120 Å². The summed E-state index contributed by atoms with van der Waals surface area (Å²) in [7, 11) is 0. The van der Waals surface area contributed by atoms with Crippen molar-refractivity contribution >= 4 is 67.8 Å². The maximum Gasteiger partial charge on any atom is 0.348 e. The highest BCUT2D eigenvalue weighted by Gasteiger charge is 2.29. The molecule has 3 amide bonds. The second kappa shape index (κ2) is 30.3. The number of pyridine rings is 1. The van der Waals surface area contributed by atoms with Crippen LogP contribution in [0.1, 0.15) is 47.4 Å². The molecule has 0 unspecified atom stereocenters. The van der Waals surface area contributed by atoms with E-state index in [0.717, 1.165) is 91.1 Å². The molecule has 1 atom stereocenters. The van der Waals surface area contributed by atoms with Crippen LogP contribution in [0.3, 0.4) is 0 Å². The van der Waals surface area contributed by atoms with Crippen LogP contribution in [0.2, 0.25) is 0 Å². The molecule has 0 bridgehead atoms. The standard InChI is InChI=1S/C54H68FN13O11S/c1-38-53(68(72)73)80-54(59-38)62-52(71)43-12-11-42(35-45(43)60-39(2)69)56-15-22-74-24-26-76-28-30-78-32-33-79-31-29-77-27-25-75-23-16-57-51(70)37-64-18-20-65(21-19-64)49-10-4-8-44(61-49)47-36-58-48-13-14-50(63-67(47)48)66-17-5-9-46(66)40-6-3-7-41(55)34-40/h3-4,6-8,10-14,34-36,46,56H,5,9,15-33,37H2,1-2H3,(H,57,70)(H,60,69)(H,59,62,71)/t46-/m1/s1. The Labute approximate surface area is 466 Å². The van der Waals surface area contributed by atoms with Gasteiger partial charge in [0.2, 0.25) is 11.8 Å². The zero-order chi connectivity index (χ0) is 56.1. The van der Waals surface area contributed by atoms with E-state index in [4.69, 9.17) is 38.5 Å². The number of nitro groups is 1. The maximum absolute atomic E-state index is 14.1. The van der Waals surface area contributed by atoms with Gasteiger partial charge >= 0.3 is 5.00 Å². The van der Waals surface area contributed by atoms with Gasteiger partial charge in [-0.3, -0.25) is 34.7 Å². The molecule has 24 nitrogen and oxygen atoms in total. The maximum atomic E-state index is 14.1. The molecule has 2 aliphatic rings. The molecule has 6 aromatic rings. The molecular formula is C54H68FN13O11S. The summed E-state index contributed by atoms with van der Waals surface area (Å²) in [4.78, 5) is 68.4. The number of hydrogen-bond acceptors (Lipinski definition) is 20. The normalized spacial score (nSPS) is 14.7. The molecule has 26 heteroatoms. The van der Waals surface area contributed by atoms with Gasteiger partial charge in [-0.15, -0.1) is 5.10 Å². The number of hydrogen-bond donors (Lipinski definition) is 4. The predicted molar refractivity (Wildman–Crippen MR) is 299 cm³/mol. The average Bonchev–Trinajstić information content (AvgIpc) is 4.23. The van der Waals surface area contributed by atoms with Crippen molar-refractivity contribution in [3.05, 3.63) is 112 Å². The van der Waals surface area contributed by atoms with E-state index in [-0.39, 0.29) is 50.8 Å². The lowest BCUT2D eigenvalue weighted by Crippen LogP contribution is -2.50. The lowest BCUT2D eigenvalue weighted by molar-refractivity contribution is -0.380. The minimum Gasteiger partial charge on any atom is -0.383 e. The lowest BCUT2D eigenvalue weighted by atomic mass is 10.0. The first-order chi connectivity index (χ1) is 39.0. The molecule has 80 heavy (non-hydrogen) atoms. The molecule has 428 valence electrons. The second-order valence-corrected chi connectivity index (χ2v) is 19.6. The number of aryl methyl sites for hydroxylation is 1.